The van der Waals surface area contributed by atoms with Crippen LogP contribution in [0, 0.1) is 20.7 Å². The number of allylic oxidation sites excluding steroid dienone is 1. The third kappa shape index (κ3) is 5.53. The predicted molar refractivity (Wildman–Crippen MR) is 126 cm³/mol. The number of benzene rings is 3. The number of hydrogen-bond donors (Lipinski definition) is 0. The fourth-order valence-electron chi connectivity index (χ4n) is 2.83. The van der Waals surface area contributed by atoms with Crippen LogP contribution in [0.3, 0.4) is 0 Å². The Balaban J connectivity index is 1.93. The summed E-state index contributed by atoms with van der Waals surface area (Å²) < 4.78 is 26.9. The lowest BCUT2D eigenvalue weighted by atomic mass is 10.0. The average molecular weight is 534 g/mol. The van der Waals surface area contributed by atoms with E-state index < -0.39 is 5.82 Å². The van der Waals surface area contributed by atoms with Gasteiger partial charge in [-0.25, -0.2) is 4.39 Å². The van der Waals surface area contributed by atoms with Crippen LogP contribution in [-0.4, -0.2) is 6.61 Å². The molecule has 0 spiro atoms. The molecule has 6 heteroatoms. The summed E-state index contributed by atoms with van der Waals surface area (Å²) in [5.74, 6) is 0.435. The molecule has 152 valence electrons. The van der Waals surface area contributed by atoms with E-state index in [2.05, 4.69) is 22.6 Å². The fraction of sp³-hybridized carbons (Fsp3) is 0.125. The third-order valence-electron chi connectivity index (χ3n) is 4.22. The first-order valence-corrected chi connectivity index (χ1v) is 10.7. The van der Waals surface area contributed by atoms with Gasteiger partial charge in [-0.3, -0.25) is 0 Å². The van der Waals surface area contributed by atoms with Crippen molar-refractivity contribution in [3.8, 4) is 17.6 Å². The van der Waals surface area contributed by atoms with Gasteiger partial charge in [-0.15, -0.1) is 0 Å². The molecule has 3 rings (SSSR count). The minimum atomic E-state index is -0.459. The number of rotatable bonds is 7. The monoisotopic (exact) mass is 533 g/mol. The topological polar surface area (TPSA) is 42.2 Å². The summed E-state index contributed by atoms with van der Waals surface area (Å²) in [5, 5.41) is 9.87. The predicted octanol–water partition coefficient (Wildman–Crippen LogP) is 7.13. The van der Waals surface area contributed by atoms with Crippen molar-refractivity contribution in [1.29, 1.82) is 5.26 Å². The van der Waals surface area contributed by atoms with E-state index in [0.717, 1.165) is 9.13 Å². The van der Waals surface area contributed by atoms with Gasteiger partial charge >= 0.3 is 0 Å². The lowest BCUT2D eigenvalue weighted by Gasteiger charge is -2.15. The Morgan fingerprint density at radius 3 is 2.53 bits per heavy atom. The minimum Gasteiger partial charge on any atom is -0.490 e. The lowest BCUT2D eigenvalue weighted by molar-refractivity contribution is 0.269. The molecular formula is C24H18ClFINO2. The largest absolute Gasteiger partial charge is 0.490 e. The second-order valence-corrected chi connectivity index (χ2v) is 7.98. The Bertz CT molecular complexity index is 1110. The van der Waals surface area contributed by atoms with Gasteiger partial charge in [-0.05, 0) is 77.0 Å². The molecule has 0 bridgehead atoms. The van der Waals surface area contributed by atoms with Gasteiger partial charge in [0.1, 0.15) is 12.4 Å². The van der Waals surface area contributed by atoms with Crippen LogP contribution >= 0.6 is 34.2 Å². The Morgan fingerprint density at radius 2 is 1.87 bits per heavy atom. The molecule has 0 fully saturated rings. The first kappa shape index (κ1) is 22.1. The molecular weight excluding hydrogens is 516 g/mol. The van der Waals surface area contributed by atoms with E-state index in [1.54, 1.807) is 36.4 Å². The summed E-state index contributed by atoms with van der Waals surface area (Å²) in [5.41, 5.74) is 2.04. The molecule has 0 aliphatic carbocycles. The molecule has 0 amide bonds. The first-order valence-electron chi connectivity index (χ1n) is 9.22. The molecule has 0 heterocycles. The van der Waals surface area contributed by atoms with Gasteiger partial charge in [0.25, 0.3) is 0 Å². The second kappa shape index (κ2) is 10.5. The maximum absolute atomic E-state index is 14.1. The summed E-state index contributed by atoms with van der Waals surface area (Å²) in [6.07, 6.45) is 1.58. The first-order chi connectivity index (χ1) is 14.5. The molecule has 3 nitrogen and oxygen atoms in total. The van der Waals surface area contributed by atoms with Crippen LogP contribution in [-0.2, 0) is 6.61 Å². The summed E-state index contributed by atoms with van der Waals surface area (Å²) >= 11 is 8.72. The van der Waals surface area contributed by atoms with Crippen LogP contribution in [0.5, 0.6) is 11.5 Å². The highest BCUT2D eigenvalue weighted by atomic mass is 127. The lowest BCUT2D eigenvalue weighted by Crippen LogP contribution is -2.01. The number of nitrogens with zero attached hydrogens (tertiary/aromatic N) is 1. The van der Waals surface area contributed by atoms with Crippen molar-refractivity contribution in [2.75, 3.05) is 6.61 Å². The van der Waals surface area contributed by atoms with E-state index in [1.807, 2.05) is 37.3 Å². The van der Waals surface area contributed by atoms with Crippen LogP contribution in [0.1, 0.15) is 23.6 Å². The molecule has 0 saturated heterocycles. The summed E-state index contributed by atoms with van der Waals surface area (Å²) in [6, 6.07) is 19.6. The molecule has 30 heavy (non-hydrogen) atoms. The summed E-state index contributed by atoms with van der Waals surface area (Å²) in [4.78, 5) is 0. The average Bonchev–Trinajstić information content (AvgIpc) is 2.73. The van der Waals surface area contributed by atoms with Gasteiger partial charge in [0, 0.05) is 9.13 Å². The van der Waals surface area contributed by atoms with Crippen molar-refractivity contribution in [3.63, 3.8) is 0 Å². The molecule has 0 aliphatic heterocycles. The van der Waals surface area contributed by atoms with E-state index >= 15 is 0 Å². The molecule has 0 atom stereocenters. The highest BCUT2D eigenvalue weighted by Gasteiger charge is 2.14. The van der Waals surface area contributed by atoms with E-state index in [4.69, 9.17) is 21.1 Å². The van der Waals surface area contributed by atoms with Crippen LogP contribution in [0.15, 0.2) is 60.7 Å². The number of ether oxygens (including phenoxy) is 2. The highest BCUT2D eigenvalue weighted by Crippen LogP contribution is 2.38. The van der Waals surface area contributed by atoms with Crippen LogP contribution in [0.4, 0.5) is 4.39 Å². The van der Waals surface area contributed by atoms with Gasteiger partial charge in [-0.1, -0.05) is 41.9 Å². The highest BCUT2D eigenvalue weighted by molar-refractivity contribution is 14.1. The standard InChI is InChI=1S/C24H18ClFINO2/c1-2-29-23-13-17(11-18(14-28)20-5-3-4-6-22(20)26)12-21(25)24(23)30-15-16-7-9-19(27)10-8-16/h3-13H,2,15H2,1H3/b18-11-. The Kier molecular flexibility index (Phi) is 7.72. The minimum absolute atomic E-state index is 0.194. The number of hydrogen-bond acceptors (Lipinski definition) is 3. The quantitative estimate of drug-likeness (QED) is 0.184. The number of halogens is 3. The fourth-order valence-corrected chi connectivity index (χ4v) is 3.46. The van der Waals surface area contributed by atoms with Crippen molar-refractivity contribution in [1.82, 2.24) is 0 Å². The molecule has 3 aromatic carbocycles. The van der Waals surface area contributed by atoms with Crippen molar-refractivity contribution >= 4 is 45.8 Å². The Hall–Kier alpha value is -2.56. The molecule has 0 aliphatic rings. The van der Waals surface area contributed by atoms with Gasteiger partial charge in [0.15, 0.2) is 11.5 Å². The number of nitriles is 1. The molecule has 0 N–H and O–H groups in total. The van der Waals surface area contributed by atoms with Crippen molar-refractivity contribution in [2.24, 2.45) is 0 Å². The zero-order valence-corrected chi connectivity index (χ0v) is 19.1. The Morgan fingerprint density at radius 1 is 1.13 bits per heavy atom. The zero-order chi connectivity index (χ0) is 21.5. The maximum Gasteiger partial charge on any atom is 0.180 e. The van der Waals surface area contributed by atoms with Gasteiger partial charge in [0.05, 0.1) is 23.3 Å². The van der Waals surface area contributed by atoms with Crippen molar-refractivity contribution in [2.45, 2.75) is 13.5 Å². The van der Waals surface area contributed by atoms with E-state index in [0.29, 0.717) is 35.3 Å². The van der Waals surface area contributed by atoms with E-state index in [-0.39, 0.29) is 11.1 Å². The molecule has 0 aromatic heterocycles. The van der Waals surface area contributed by atoms with Crippen LogP contribution < -0.4 is 9.47 Å². The van der Waals surface area contributed by atoms with Gasteiger partial charge in [-0.2, -0.15) is 5.26 Å². The Labute approximate surface area is 193 Å². The van der Waals surface area contributed by atoms with E-state index in [1.165, 1.54) is 6.07 Å². The van der Waals surface area contributed by atoms with Crippen molar-refractivity contribution < 1.29 is 13.9 Å². The van der Waals surface area contributed by atoms with Crippen LogP contribution in [0.2, 0.25) is 5.02 Å². The molecule has 0 unspecified atom stereocenters. The summed E-state index contributed by atoms with van der Waals surface area (Å²) in [7, 11) is 0. The van der Waals surface area contributed by atoms with Crippen molar-refractivity contribution in [3.05, 3.63) is 91.8 Å². The van der Waals surface area contributed by atoms with E-state index in [9.17, 15) is 9.65 Å². The molecule has 3 aromatic rings. The third-order valence-corrected chi connectivity index (χ3v) is 5.22. The normalized spacial score (nSPS) is 11.1. The molecule has 0 radical (unpaired) electrons. The zero-order valence-electron chi connectivity index (χ0n) is 16.2. The maximum atomic E-state index is 14.1. The molecule has 0 saturated carbocycles. The van der Waals surface area contributed by atoms with Gasteiger partial charge < -0.3 is 9.47 Å². The van der Waals surface area contributed by atoms with Crippen LogP contribution in [0.25, 0.3) is 11.6 Å². The second-order valence-electron chi connectivity index (χ2n) is 6.33. The SMILES string of the molecule is CCOc1cc(/C=C(/C#N)c2ccccc2F)cc(Cl)c1OCc1ccc(I)cc1. The summed E-state index contributed by atoms with van der Waals surface area (Å²) in [6.45, 7) is 2.62. The smallest absolute Gasteiger partial charge is 0.180 e. The van der Waals surface area contributed by atoms with Gasteiger partial charge in [0.2, 0.25) is 0 Å².